The SMILES string of the molecule is CN=C(NCCCc1nc(C)no1)NC(C)CCC(C)(C)C.I. The van der Waals surface area contributed by atoms with Crippen LogP contribution in [0.1, 0.15) is 58.7 Å². The number of hydrogen-bond acceptors (Lipinski definition) is 4. The van der Waals surface area contributed by atoms with Crippen LogP contribution in [-0.4, -0.2) is 35.7 Å². The number of nitrogens with one attached hydrogen (secondary N) is 2. The first kappa shape index (κ1) is 22.1. The zero-order valence-corrected chi connectivity index (χ0v) is 17.6. The number of aliphatic imine (C=N–C) groups is 1. The molecule has 1 rings (SSSR count). The summed E-state index contributed by atoms with van der Waals surface area (Å²) in [5.41, 5.74) is 0.370. The Kier molecular flexibility index (Phi) is 10.4. The summed E-state index contributed by atoms with van der Waals surface area (Å²) in [6.07, 6.45) is 4.03. The molecule has 7 heteroatoms. The highest BCUT2D eigenvalue weighted by atomic mass is 127. The molecule has 1 aromatic heterocycles. The number of halogens is 1. The van der Waals surface area contributed by atoms with Crippen LogP contribution in [-0.2, 0) is 6.42 Å². The Labute approximate surface area is 157 Å². The van der Waals surface area contributed by atoms with Crippen LogP contribution in [0, 0.1) is 12.3 Å². The standard InChI is InChI=1S/C16H31N5O.HI/c1-12(9-10-16(3,4)5)19-15(17-6)18-11-7-8-14-20-13(2)21-22-14;/h12H,7-11H2,1-6H3,(H2,17,18,19);1H. The Morgan fingerprint density at radius 2 is 2.04 bits per heavy atom. The van der Waals surface area contributed by atoms with Gasteiger partial charge in [0, 0.05) is 26.1 Å². The lowest BCUT2D eigenvalue weighted by molar-refractivity contribution is 0.346. The van der Waals surface area contributed by atoms with Gasteiger partial charge >= 0.3 is 0 Å². The fourth-order valence-electron chi connectivity index (χ4n) is 2.04. The van der Waals surface area contributed by atoms with Gasteiger partial charge in [-0.15, -0.1) is 24.0 Å². The highest BCUT2D eigenvalue weighted by molar-refractivity contribution is 14.0. The molecule has 0 aliphatic heterocycles. The second-order valence-electron chi connectivity index (χ2n) is 6.98. The molecule has 6 nitrogen and oxygen atoms in total. The van der Waals surface area contributed by atoms with Gasteiger partial charge < -0.3 is 15.2 Å². The van der Waals surface area contributed by atoms with Crippen molar-refractivity contribution in [1.29, 1.82) is 0 Å². The predicted octanol–water partition coefficient (Wildman–Crippen LogP) is 3.31. The van der Waals surface area contributed by atoms with Crippen LogP contribution < -0.4 is 10.6 Å². The molecule has 1 heterocycles. The summed E-state index contributed by atoms with van der Waals surface area (Å²) in [7, 11) is 1.80. The van der Waals surface area contributed by atoms with E-state index in [1.165, 1.54) is 6.42 Å². The summed E-state index contributed by atoms with van der Waals surface area (Å²) in [6, 6.07) is 0.406. The number of aryl methyl sites for hydroxylation is 2. The number of rotatable bonds is 7. The van der Waals surface area contributed by atoms with Crippen LogP contribution >= 0.6 is 24.0 Å². The quantitative estimate of drug-likeness (QED) is 0.296. The van der Waals surface area contributed by atoms with Gasteiger partial charge in [-0.05, 0) is 38.5 Å². The van der Waals surface area contributed by atoms with Crippen LogP contribution in [0.15, 0.2) is 9.52 Å². The summed E-state index contributed by atoms with van der Waals surface area (Å²) in [5, 5.41) is 10.5. The van der Waals surface area contributed by atoms with E-state index in [0.29, 0.717) is 23.2 Å². The monoisotopic (exact) mass is 437 g/mol. The maximum absolute atomic E-state index is 5.09. The van der Waals surface area contributed by atoms with Gasteiger partial charge in [-0.25, -0.2) is 0 Å². The van der Waals surface area contributed by atoms with Crippen molar-refractivity contribution in [2.24, 2.45) is 10.4 Å². The smallest absolute Gasteiger partial charge is 0.226 e. The van der Waals surface area contributed by atoms with Crippen molar-refractivity contribution in [3.63, 3.8) is 0 Å². The average Bonchev–Trinajstić information content (AvgIpc) is 2.85. The second-order valence-corrected chi connectivity index (χ2v) is 6.98. The first-order chi connectivity index (χ1) is 10.3. The van der Waals surface area contributed by atoms with E-state index in [1.54, 1.807) is 7.05 Å². The van der Waals surface area contributed by atoms with Gasteiger partial charge in [0.25, 0.3) is 0 Å². The van der Waals surface area contributed by atoms with E-state index in [0.717, 1.165) is 31.8 Å². The molecule has 0 radical (unpaired) electrons. The predicted molar refractivity (Wildman–Crippen MR) is 105 cm³/mol. The van der Waals surface area contributed by atoms with Crippen LogP contribution in [0.4, 0.5) is 0 Å². The molecule has 0 aliphatic rings. The van der Waals surface area contributed by atoms with Gasteiger partial charge in [0.15, 0.2) is 11.8 Å². The van der Waals surface area contributed by atoms with E-state index in [1.807, 2.05) is 6.92 Å². The summed E-state index contributed by atoms with van der Waals surface area (Å²) in [6.45, 7) is 11.7. The van der Waals surface area contributed by atoms with Gasteiger partial charge in [-0.1, -0.05) is 25.9 Å². The largest absolute Gasteiger partial charge is 0.356 e. The number of hydrogen-bond donors (Lipinski definition) is 2. The zero-order chi connectivity index (χ0) is 16.6. The fraction of sp³-hybridized carbons (Fsp3) is 0.812. The summed E-state index contributed by atoms with van der Waals surface area (Å²) >= 11 is 0. The Balaban J connectivity index is 0.00000484. The summed E-state index contributed by atoms with van der Waals surface area (Å²) in [5.74, 6) is 2.23. The topological polar surface area (TPSA) is 75.3 Å². The molecule has 2 N–H and O–H groups in total. The van der Waals surface area contributed by atoms with E-state index in [9.17, 15) is 0 Å². The third-order valence-electron chi connectivity index (χ3n) is 3.36. The molecule has 1 unspecified atom stereocenters. The Morgan fingerprint density at radius 3 is 2.57 bits per heavy atom. The molecule has 0 spiro atoms. The Bertz CT molecular complexity index is 467. The normalized spacial score (nSPS) is 13.4. The van der Waals surface area contributed by atoms with Gasteiger partial charge in [0.1, 0.15) is 0 Å². The van der Waals surface area contributed by atoms with Gasteiger partial charge in [0.05, 0.1) is 0 Å². The average molecular weight is 437 g/mol. The lowest BCUT2D eigenvalue weighted by Gasteiger charge is -2.23. The first-order valence-electron chi connectivity index (χ1n) is 8.06. The van der Waals surface area contributed by atoms with Crippen LogP contribution in [0.3, 0.4) is 0 Å². The highest BCUT2D eigenvalue weighted by Gasteiger charge is 2.13. The zero-order valence-electron chi connectivity index (χ0n) is 15.3. The van der Waals surface area contributed by atoms with Gasteiger partial charge in [0.2, 0.25) is 5.89 Å². The molecule has 134 valence electrons. The third kappa shape index (κ3) is 10.5. The number of nitrogens with zero attached hydrogens (tertiary/aromatic N) is 3. The Morgan fingerprint density at radius 1 is 1.35 bits per heavy atom. The van der Waals surface area contributed by atoms with E-state index in [2.05, 4.69) is 53.5 Å². The molecule has 0 aliphatic carbocycles. The molecular weight excluding hydrogens is 405 g/mol. The third-order valence-corrected chi connectivity index (χ3v) is 3.36. The van der Waals surface area contributed by atoms with E-state index < -0.39 is 0 Å². The van der Waals surface area contributed by atoms with Gasteiger partial charge in [-0.3, -0.25) is 4.99 Å². The summed E-state index contributed by atoms with van der Waals surface area (Å²) < 4.78 is 5.09. The molecule has 0 amide bonds. The molecule has 0 saturated heterocycles. The lowest BCUT2D eigenvalue weighted by Crippen LogP contribution is -2.42. The summed E-state index contributed by atoms with van der Waals surface area (Å²) in [4.78, 5) is 8.46. The van der Waals surface area contributed by atoms with Crippen molar-refractivity contribution in [2.45, 2.75) is 66.3 Å². The maximum atomic E-state index is 5.09. The van der Waals surface area contributed by atoms with Crippen molar-refractivity contribution in [3.05, 3.63) is 11.7 Å². The Hall–Kier alpha value is -0.860. The van der Waals surface area contributed by atoms with Crippen LogP contribution in [0.5, 0.6) is 0 Å². The maximum Gasteiger partial charge on any atom is 0.226 e. The highest BCUT2D eigenvalue weighted by Crippen LogP contribution is 2.21. The van der Waals surface area contributed by atoms with Crippen molar-refractivity contribution in [1.82, 2.24) is 20.8 Å². The number of guanidine groups is 1. The fourth-order valence-corrected chi connectivity index (χ4v) is 2.04. The molecule has 1 atom stereocenters. The van der Waals surface area contributed by atoms with Crippen LogP contribution in [0.2, 0.25) is 0 Å². The first-order valence-corrected chi connectivity index (χ1v) is 8.06. The molecular formula is C16H32IN5O. The van der Waals surface area contributed by atoms with Crippen molar-refractivity contribution in [2.75, 3.05) is 13.6 Å². The van der Waals surface area contributed by atoms with Crippen LogP contribution in [0.25, 0.3) is 0 Å². The molecule has 0 fully saturated rings. The minimum absolute atomic E-state index is 0. The minimum atomic E-state index is 0. The molecule has 0 aromatic carbocycles. The molecule has 0 saturated carbocycles. The minimum Gasteiger partial charge on any atom is -0.356 e. The molecule has 0 bridgehead atoms. The van der Waals surface area contributed by atoms with Crippen molar-refractivity contribution in [3.8, 4) is 0 Å². The molecule has 1 aromatic rings. The van der Waals surface area contributed by atoms with E-state index >= 15 is 0 Å². The van der Waals surface area contributed by atoms with Crippen molar-refractivity contribution < 1.29 is 4.52 Å². The number of aromatic nitrogens is 2. The van der Waals surface area contributed by atoms with E-state index in [4.69, 9.17) is 4.52 Å². The van der Waals surface area contributed by atoms with Gasteiger partial charge in [-0.2, -0.15) is 4.98 Å². The van der Waals surface area contributed by atoms with Crippen molar-refractivity contribution >= 4 is 29.9 Å². The molecule has 23 heavy (non-hydrogen) atoms. The van der Waals surface area contributed by atoms with E-state index in [-0.39, 0.29) is 24.0 Å². The second kappa shape index (κ2) is 10.8. The lowest BCUT2D eigenvalue weighted by atomic mass is 9.89.